The molecule has 2 nitrogen and oxygen atoms in total. The Labute approximate surface area is 89.5 Å². The van der Waals surface area contributed by atoms with Crippen LogP contribution in [0.5, 0.6) is 0 Å². The molecule has 68 valence electrons. The van der Waals surface area contributed by atoms with Crippen molar-refractivity contribution in [1.82, 2.24) is 9.38 Å². The normalized spacial score (nSPS) is 10.9. The lowest BCUT2D eigenvalue weighted by atomic mass is 10.3. The minimum Gasteiger partial charge on any atom is -0.320 e. The van der Waals surface area contributed by atoms with E-state index in [4.69, 9.17) is 0 Å². The van der Waals surface area contributed by atoms with E-state index in [-0.39, 0.29) is 0 Å². The highest BCUT2D eigenvalue weighted by atomic mass is 79.9. The van der Waals surface area contributed by atoms with Crippen LogP contribution in [-0.2, 0) is 5.33 Å². The van der Waals surface area contributed by atoms with Crippen molar-refractivity contribution in [3.63, 3.8) is 0 Å². The highest BCUT2D eigenvalue weighted by Crippen LogP contribution is 2.24. The molecule has 0 atom stereocenters. The van der Waals surface area contributed by atoms with Crippen molar-refractivity contribution < 1.29 is 0 Å². The fraction of sp³-hybridized carbons (Fsp3) is 0.222. The molecule has 0 N–H and O–H groups in total. The fourth-order valence-electron chi connectivity index (χ4n) is 1.35. The Kier molecular flexibility index (Phi) is 2.60. The van der Waals surface area contributed by atoms with Crippen LogP contribution in [0.2, 0.25) is 0 Å². The van der Waals surface area contributed by atoms with E-state index in [0.29, 0.717) is 0 Å². The molecule has 0 amide bonds. The lowest BCUT2D eigenvalue weighted by molar-refractivity contribution is 1.05. The molecule has 4 heteroatoms. The molecule has 0 saturated carbocycles. The summed E-state index contributed by atoms with van der Waals surface area (Å²) in [5.74, 6) is 0. The first-order valence-electron chi connectivity index (χ1n) is 3.91. The molecule has 2 aromatic heterocycles. The summed E-state index contributed by atoms with van der Waals surface area (Å²) in [7, 11) is 0. The monoisotopic (exact) mass is 256 g/mol. The van der Waals surface area contributed by atoms with Gasteiger partial charge in [-0.15, -0.1) is 11.8 Å². The number of nitrogens with zero attached hydrogens (tertiary/aromatic N) is 2. The molecule has 0 spiro atoms. The second kappa shape index (κ2) is 3.72. The number of thioether (sulfide) groups is 1. The second-order valence-corrected chi connectivity index (χ2v) is 4.02. The number of aromatic nitrogens is 2. The largest absolute Gasteiger partial charge is 0.320 e. The topological polar surface area (TPSA) is 17.3 Å². The predicted molar refractivity (Wildman–Crippen MR) is 59.6 cm³/mol. The van der Waals surface area contributed by atoms with E-state index in [0.717, 1.165) is 10.4 Å². The summed E-state index contributed by atoms with van der Waals surface area (Å²) in [6, 6.07) is 2.12. The van der Waals surface area contributed by atoms with Gasteiger partial charge >= 0.3 is 0 Å². The standard InChI is InChI=1S/C9H9BrN2S/c1-13-9-8-7(6-10)2-4-12(8)5-3-11-9/h2-5H,6H2,1H3. The average molecular weight is 257 g/mol. The van der Waals surface area contributed by atoms with Crippen LogP contribution in [0.15, 0.2) is 29.7 Å². The first kappa shape index (κ1) is 9.09. The minimum absolute atomic E-state index is 0.878. The number of hydrogen-bond donors (Lipinski definition) is 0. The van der Waals surface area contributed by atoms with Crippen LogP contribution in [-0.4, -0.2) is 15.6 Å². The molecule has 0 radical (unpaired) electrons. The van der Waals surface area contributed by atoms with Crippen LogP contribution in [0, 0.1) is 0 Å². The Morgan fingerprint density at radius 1 is 1.54 bits per heavy atom. The molecule has 0 bridgehead atoms. The molecule has 0 aliphatic heterocycles. The van der Waals surface area contributed by atoms with Gasteiger partial charge in [0.1, 0.15) is 5.03 Å². The Balaban J connectivity index is 2.76. The summed E-state index contributed by atoms with van der Waals surface area (Å²) in [5.41, 5.74) is 2.50. The van der Waals surface area contributed by atoms with Crippen molar-refractivity contribution in [2.24, 2.45) is 0 Å². The Morgan fingerprint density at radius 3 is 3.08 bits per heavy atom. The molecule has 0 saturated heterocycles. The van der Waals surface area contributed by atoms with E-state index in [2.05, 4.69) is 37.6 Å². The number of alkyl halides is 1. The molecule has 0 aliphatic carbocycles. The predicted octanol–water partition coefficient (Wildman–Crippen LogP) is 2.95. The van der Waals surface area contributed by atoms with Crippen LogP contribution in [0.3, 0.4) is 0 Å². The van der Waals surface area contributed by atoms with Crippen LogP contribution in [0.4, 0.5) is 0 Å². The van der Waals surface area contributed by atoms with Gasteiger partial charge in [0.25, 0.3) is 0 Å². The van der Waals surface area contributed by atoms with Crippen molar-refractivity contribution >= 4 is 33.2 Å². The van der Waals surface area contributed by atoms with E-state index in [1.165, 1.54) is 11.1 Å². The summed E-state index contributed by atoms with van der Waals surface area (Å²) in [5, 5.41) is 1.96. The number of halogens is 1. The van der Waals surface area contributed by atoms with E-state index in [9.17, 15) is 0 Å². The van der Waals surface area contributed by atoms with Gasteiger partial charge in [-0.2, -0.15) is 0 Å². The van der Waals surface area contributed by atoms with Crippen molar-refractivity contribution in [1.29, 1.82) is 0 Å². The van der Waals surface area contributed by atoms with E-state index < -0.39 is 0 Å². The van der Waals surface area contributed by atoms with Crippen molar-refractivity contribution in [2.75, 3.05) is 6.26 Å². The van der Waals surface area contributed by atoms with Crippen molar-refractivity contribution in [3.05, 3.63) is 30.2 Å². The quantitative estimate of drug-likeness (QED) is 0.608. The highest BCUT2D eigenvalue weighted by Gasteiger charge is 2.06. The SMILES string of the molecule is CSc1nccn2ccc(CBr)c12. The summed E-state index contributed by atoms with van der Waals surface area (Å²) < 4.78 is 2.11. The Morgan fingerprint density at radius 2 is 2.38 bits per heavy atom. The lowest BCUT2D eigenvalue weighted by Gasteiger charge is -2.01. The van der Waals surface area contributed by atoms with Gasteiger partial charge in [0, 0.05) is 23.9 Å². The van der Waals surface area contributed by atoms with Gasteiger partial charge in [0.2, 0.25) is 0 Å². The third-order valence-electron chi connectivity index (χ3n) is 1.96. The van der Waals surface area contributed by atoms with Crippen LogP contribution in [0.25, 0.3) is 5.52 Å². The molecule has 13 heavy (non-hydrogen) atoms. The van der Waals surface area contributed by atoms with Gasteiger partial charge in [-0.05, 0) is 17.9 Å². The zero-order chi connectivity index (χ0) is 9.26. The van der Waals surface area contributed by atoms with E-state index in [1.54, 1.807) is 11.8 Å². The first-order chi connectivity index (χ1) is 6.36. The van der Waals surface area contributed by atoms with E-state index in [1.807, 2.05) is 18.6 Å². The van der Waals surface area contributed by atoms with Gasteiger partial charge in [0.05, 0.1) is 5.52 Å². The molecule has 2 rings (SSSR count). The van der Waals surface area contributed by atoms with Gasteiger partial charge < -0.3 is 4.40 Å². The third kappa shape index (κ3) is 1.48. The van der Waals surface area contributed by atoms with Gasteiger partial charge in [-0.1, -0.05) is 15.9 Å². The Hall–Kier alpha value is -0.480. The molecule has 2 aromatic rings. The Bertz CT molecular complexity index is 424. The van der Waals surface area contributed by atoms with E-state index >= 15 is 0 Å². The average Bonchev–Trinajstić information content (AvgIpc) is 2.60. The van der Waals surface area contributed by atoms with Crippen molar-refractivity contribution in [3.8, 4) is 0 Å². The fourth-order valence-corrected chi connectivity index (χ4v) is 2.40. The van der Waals surface area contributed by atoms with Crippen LogP contribution < -0.4 is 0 Å². The molecule has 2 heterocycles. The molecule has 0 aromatic carbocycles. The van der Waals surface area contributed by atoms with Gasteiger partial charge in [-0.3, -0.25) is 0 Å². The number of fused-ring (bicyclic) bond motifs is 1. The lowest BCUT2D eigenvalue weighted by Crippen LogP contribution is -1.89. The second-order valence-electron chi connectivity index (χ2n) is 2.67. The summed E-state index contributed by atoms with van der Waals surface area (Å²) in [6.07, 6.45) is 7.92. The maximum atomic E-state index is 4.33. The first-order valence-corrected chi connectivity index (χ1v) is 6.26. The van der Waals surface area contributed by atoms with Crippen LogP contribution >= 0.6 is 27.7 Å². The molecular weight excluding hydrogens is 248 g/mol. The minimum atomic E-state index is 0.878. The zero-order valence-electron chi connectivity index (χ0n) is 7.20. The number of hydrogen-bond acceptors (Lipinski definition) is 2. The maximum Gasteiger partial charge on any atom is 0.120 e. The van der Waals surface area contributed by atoms with Crippen LogP contribution in [0.1, 0.15) is 5.56 Å². The summed E-state index contributed by atoms with van der Waals surface area (Å²) >= 11 is 5.15. The summed E-state index contributed by atoms with van der Waals surface area (Å²) in [6.45, 7) is 0. The molecule has 0 fully saturated rings. The highest BCUT2D eigenvalue weighted by molar-refractivity contribution is 9.08. The van der Waals surface area contributed by atoms with Gasteiger partial charge in [-0.25, -0.2) is 4.98 Å². The third-order valence-corrected chi connectivity index (χ3v) is 3.25. The molecule has 0 unspecified atom stereocenters. The molecule has 0 aliphatic rings. The summed E-state index contributed by atoms with van der Waals surface area (Å²) in [4.78, 5) is 4.33. The maximum absolute atomic E-state index is 4.33. The zero-order valence-corrected chi connectivity index (χ0v) is 9.60. The molecular formula is C9H9BrN2S. The van der Waals surface area contributed by atoms with Crippen molar-refractivity contribution in [2.45, 2.75) is 10.4 Å². The number of rotatable bonds is 2. The smallest absolute Gasteiger partial charge is 0.120 e. The van der Waals surface area contributed by atoms with Gasteiger partial charge in [0.15, 0.2) is 0 Å².